The van der Waals surface area contributed by atoms with Gasteiger partial charge in [-0.2, -0.15) is 0 Å². The van der Waals surface area contributed by atoms with E-state index in [-0.39, 0.29) is 11.4 Å². The fraction of sp³-hybridized carbons (Fsp3) is 0.458. The lowest BCUT2D eigenvalue weighted by Gasteiger charge is -2.32. The first-order valence-electron chi connectivity index (χ1n) is 10.8. The number of piperidine rings is 1. The number of fused-ring (bicyclic) bond motifs is 1. The minimum Gasteiger partial charge on any atom is -0.442 e. The Hall–Kier alpha value is -2.89. The van der Waals surface area contributed by atoms with E-state index in [4.69, 9.17) is 4.42 Å². The van der Waals surface area contributed by atoms with Gasteiger partial charge in [0.25, 0.3) is 5.91 Å². The third-order valence-electron chi connectivity index (χ3n) is 6.63. The maximum absolute atomic E-state index is 13.5. The van der Waals surface area contributed by atoms with E-state index < -0.39 is 0 Å². The number of hydrogen-bond donors (Lipinski definition) is 1. The highest BCUT2D eigenvalue weighted by Crippen LogP contribution is 2.40. The Balaban J connectivity index is 1.39. The smallest absolute Gasteiger partial charge is 0.258 e. The van der Waals surface area contributed by atoms with Crippen molar-refractivity contribution >= 4 is 22.8 Å². The van der Waals surface area contributed by atoms with E-state index in [0.717, 1.165) is 38.8 Å². The van der Waals surface area contributed by atoms with E-state index in [9.17, 15) is 4.79 Å². The van der Waals surface area contributed by atoms with Crippen LogP contribution < -0.4 is 5.32 Å². The maximum atomic E-state index is 13.5. The molecule has 30 heavy (non-hydrogen) atoms. The van der Waals surface area contributed by atoms with Crippen LogP contribution in [0.5, 0.6) is 0 Å². The van der Waals surface area contributed by atoms with E-state index in [1.54, 1.807) is 0 Å². The molecule has 1 saturated heterocycles. The molecule has 156 valence electrons. The average Bonchev–Trinajstić information content (AvgIpc) is 3.36. The van der Waals surface area contributed by atoms with Crippen molar-refractivity contribution in [3.8, 4) is 0 Å². The van der Waals surface area contributed by atoms with E-state index >= 15 is 0 Å². The average molecular weight is 405 g/mol. The Morgan fingerprint density at radius 3 is 2.50 bits per heavy atom. The highest BCUT2D eigenvalue weighted by molar-refractivity contribution is 6.10. The van der Waals surface area contributed by atoms with Crippen molar-refractivity contribution in [1.29, 1.82) is 0 Å². The first-order chi connectivity index (χ1) is 14.4. The van der Waals surface area contributed by atoms with Crippen molar-refractivity contribution in [3.05, 3.63) is 53.0 Å². The Bertz CT molecular complexity index is 1090. The second-order valence-corrected chi connectivity index (χ2v) is 9.10. The molecule has 2 fully saturated rings. The number of likely N-dealkylation sites (tertiary alicyclic amines) is 1. The van der Waals surface area contributed by atoms with Crippen LogP contribution in [0.2, 0.25) is 0 Å². The molecule has 6 nitrogen and oxygen atoms in total. The zero-order valence-corrected chi connectivity index (χ0v) is 17.9. The van der Waals surface area contributed by atoms with Gasteiger partial charge >= 0.3 is 0 Å². The third kappa shape index (κ3) is 3.44. The van der Waals surface area contributed by atoms with Crippen LogP contribution in [-0.4, -0.2) is 39.4 Å². The number of benzene rings is 1. The molecule has 1 amide bonds. The number of aryl methyl sites for hydroxylation is 2. The Kier molecular flexibility index (Phi) is 4.53. The fourth-order valence-corrected chi connectivity index (χ4v) is 4.41. The molecule has 3 heterocycles. The van der Waals surface area contributed by atoms with Gasteiger partial charge in [-0.15, -0.1) is 0 Å². The molecule has 1 aliphatic heterocycles. The molecule has 3 aromatic rings. The summed E-state index contributed by atoms with van der Waals surface area (Å²) in [6.07, 6.45) is 5.66. The van der Waals surface area contributed by atoms with Gasteiger partial charge in [0.15, 0.2) is 0 Å². The zero-order chi connectivity index (χ0) is 20.9. The largest absolute Gasteiger partial charge is 0.442 e. The number of furan rings is 1. The lowest BCUT2D eigenvalue weighted by atomic mass is 9.89. The topological polar surface area (TPSA) is 71.3 Å². The van der Waals surface area contributed by atoms with Crippen LogP contribution in [0.3, 0.4) is 0 Å². The predicted octanol–water partition coefficient (Wildman–Crippen LogP) is 4.82. The van der Waals surface area contributed by atoms with Crippen LogP contribution in [0.4, 0.5) is 5.82 Å². The third-order valence-corrected chi connectivity index (χ3v) is 6.63. The van der Waals surface area contributed by atoms with E-state index in [1.807, 2.05) is 11.8 Å². The molecular formula is C24H28N4O2. The monoisotopic (exact) mass is 404 g/mol. The number of hydrogen-bond acceptors (Lipinski definition) is 5. The van der Waals surface area contributed by atoms with Crippen molar-refractivity contribution in [2.75, 3.05) is 18.4 Å². The minimum absolute atomic E-state index is 0.0207. The van der Waals surface area contributed by atoms with Crippen molar-refractivity contribution in [1.82, 2.24) is 14.9 Å². The zero-order valence-electron chi connectivity index (χ0n) is 17.9. The summed E-state index contributed by atoms with van der Waals surface area (Å²) in [5.41, 5.74) is 3.79. The molecule has 0 radical (unpaired) electrons. The van der Waals surface area contributed by atoms with Gasteiger partial charge in [-0.05, 0) is 57.9 Å². The number of carbonyl (C=O) groups is 1. The molecule has 0 atom stereocenters. The highest BCUT2D eigenvalue weighted by Gasteiger charge is 2.39. The molecular weight excluding hydrogens is 376 g/mol. The van der Waals surface area contributed by atoms with Gasteiger partial charge in [0.1, 0.15) is 17.9 Å². The SMILES string of the molecule is Cc1ccc(C2CCN(C(=O)c3c(C)oc4ncnc(NC5(C)CC5)c34)CC2)cc1. The molecule has 0 bridgehead atoms. The van der Waals surface area contributed by atoms with Crippen LogP contribution in [0.25, 0.3) is 11.1 Å². The first kappa shape index (κ1) is 19.1. The molecule has 1 N–H and O–H groups in total. The molecule has 2 aromatic heterocycles. The van der Waals surface area contributed by atoms with Crippen molar-refractivity contribution in [3.63, 3.8) is 0 Å². The highest BCUT2D eigenvalue weighted by atomic mass is 16.3. The summed E-state index contributed by atoms with van der Waals surface area (Å²) in [6.45, 7) is 7.62. The summed E-state index contributed by atoms with van der Waals surface area (Å²) in [6, 6.07) is 8.78. The summed E-state index contributed by atoms with van der Waals surface area (Å²) in [7, 11) is 0. The van der Waals surface area contributed by atoms with Crippen molar-refractivity contribution < 1.29 is 9.21 Å². The number of rotatable bonds is 4. The number of nitrogens with zero attached hydrogens (tertiary/aromatic N) is 3. The number of amides is 1. The Morgan fingerprint density at radius 1 is 1.13 bits per heavy atom. The summed E-state index contributed by atoms with van der Waals surface area (Å²) in [4.78, 5) is 24.2. The Labute approximate surface area is 176 Å². The van der Waals surface area contributed by atoms with Gasteiger partial charge < -0.3 is 14.6 Å². The molecule has 0 unspecified atom stereocenters. The molecule has 0 spiro atoms. The number of aromatic nitrogens is 2. The Morgan fingerprint density at radius 2 is 1.83 bits per heavy atom. The predicted molar refractivity (Wildman–Crippen MR) is 117 cm³/mol. The molecule has 6 heteroatoms. The second-order valence-electron chi connectivity index (χ2n) is 9.10. The lowest BCUT2D eigenvalue weighted by molar-refractivity contribution is 0.0713. The van der Waals surface area contributed by atoms with Crippen LogP contribution in [0, 0.1) is 13.8 Å². The van der Waals surface area contributed by atoms with E-state index in [2.05, 4.69) is 53.4 Å². The maximum Gasteiger partial charge on any atom is 0.258 e. The summed E-state index contributed by atoms with van der Waals surface area (Å²) in [5.74, 6) is 1.84. The number of nitrogens with one attached hydrogen (secondary N) is 1. The minimum atomic E-state index is 0.0207. The van der Waals surface area contributed by atoms with Gasteiger partial charge in [0.2, 0.25) is 5.71 Å². The second kappa shape index (κ2) is 7.11. The standard InChI is InChI=1S/C24H28N4O2/c1-15-4-6-17(7-5-15)18-8-12-28(13-9-18)23(29)19-16(2)30-22-20(19)21(25-14-26-22)27-24(3)10-11-24/h4-7,14,18H,8-13H2,1-3H3,(H,25,26,27). The fourth-order valence-electron chi connectivity index (χ4n) is 4.41. The molecule has 1 saturated carbocycles. The molecule has 1 aromatic carbocycles. The molecule has 1 aliphatic carbocycles. The normalized spacial score (nSPS) is 18.6. The van der Waals surface area contributed by atoms with E-state index in [0.29, 0.717) is 34.2 Å². The summed E-state index contributed by atoms with van der Waals surface area (Å²) >= 11 is 0. The van der Waals surface area contributed by atoms with Crippen LogP contribution in [0.15, 0.2) is 35.0 Å². The summed E-state index contributed by atoms with van der Waals surface area (Å²) in [5, 5.41) is 4.21. The van der Waals surface area contributed by atoms with Gasteiger partial charge in [0.05, 0.1) is 10.9 Å². The molecule has 2 aliphatic rings. The van der Waals surface area contributed by atoms with E-state index in [1.165, 1.54) is 17.5 Å². The van der Waals surface area contributed by atoms with Gasteiger partial charge in [-0.25, -0.2) is 9.97 Å². The van der Waals surface area contributed by atoms with Gasteiger partial charge in [0, 0.05) is 18.6 Å². The van der Waals surface area contributed by atoms with Gasteiger partial charge in [-0.1, -0.05) is 29.8 Å². The summed E-state index contributed by atoms with van der Waals surface area (Å²) < 4.78 is 5.85. The van der Waals surface area contributed by atoms with Crippen LogP contribution in [0.1, 0.15) is 65.8 Å². The van der Waals surface area contributed by atoms with Crippen molar-refractivity contribution in [2.24, 2.45) is 0 Å². The van der Waals surface area contributed by atoms with Gasteiger partial charge in [-0.3, -0.25) is 4.79 Å². The van der Waals surface area contributed by atoms with Crippen molar-refractivity contribution in [2.45, 2.75) is 57.9 Å². The number of carbonyl (C=O) groups excluding carboxylic acids is 1. The van der Waals surface area contributed by atoms with Crippen LogP contribution in [-0.2, 0) is 0 Å². The number of anilines is 1. The first-order valence-corrected chi connectivity index (χ1v) is 10.8. The van der Waals surface area contributed by atoms with Crippen LogP contribution >= 0.6 is 0 Å². The molecule has 5 rings (SSSR count). The lowest BCUT2D eigenvalue weighted by Crippen LogP contribution is -2.38. The quantitative estimate of drug-likeness (QED) is 0.675.